The standard InChI is InChI=1S/C25H32FN7O3S/c1-17(2)33-11-12-36-24-20(26)13-18(14-21(24)33)22-16-28-25(30(22)3)29-23-6-5-19(15-27-23)31-7-9-32(10-8-31)37(4,34)35/h5-6,13-17H,7-12H2,1-4H3,(H,27,28,29). The molecule has 0 amide bonds. The van der Waals surface area contributed by atoms with Gasteiger partial charge >= 0.3 is 0 Å². The Balaban J connectivity index is 1.31. The molecule has 0 bridgehead atoms. The van der Waals surface area contributed by atoms with Gasteiger partial charge in [-0.15, -0.1) is 0 Å². The number of benzene rings is 1. The number of halogens is 1. The summed E-state index contributed by atoms with van der Waals surface area (Å²) in [4.78, 5) is 13.3. The predicted octanol–water partition coefficient (Wildman–Crippen LogP) is 3.05. The number of imidazole rings is 1. The van der Waals surface area contributed by atoms with Gasteiger partial charge in [-0.3, -0.25) is 0 Å². The summed E-state index contributed by atoms with van der Waals surface area (Å²) in [5, 5.41) is 3.23. The molecule has 1 fully saturated rings. The summed E-state index contributed by atoms with van der Waals surface area (Å²) in [6.07, 6.45) is 4.72. The van der Waals surface area contributed by atoms with Gasteiger partial charge < -0.3 is 24.4 Å². The van der Waals surface area contributed by atoms with Gasteiger partial charge in [-0.2, -0.15) is 4.31 Å². The molecule has 37 heavy (non-hydrogen) atoms. The van der Waals surface area contributed by atoms with E-state index < -0.39 is 10.0 Å². The molecule has 0 saturated carbocycles. The number of nitrogens with zero attached hydrogens (tertiary/aromatic N) is 6. The Morgan fingerprint density at radius 3 is 2.46 bits per heavy atom. The van der Waals surface area contributed by atoms with E-state index >= 15 is 0 Å². The molecule has 2 aliphatic heterocycles. The molecule has 4 heterocycles. The van der Waals surface area contributed by atoms with Gasteiger partial charge in [0.1, 0.15) is 12.4 Å². The number of pyridine rings is 1. The fourth-order valence-corrected chi connectivity index (χ4v) is 5.65. The largest absolute Gasteiger partial charge is 0.486 e. The summed E-state index contributed by atoms with van der Waals surface area (Å²) in [5.74, 6) is 1.11. The number of sulfonamides is 1. The van der Waals surface area contributed by atoms with Crippen molar-refractivity contribution in [1.82, 2.24) is 18.8 Å². The molecule has 3 aromatic rings. The van der Waals surface area contributed by atoms with Gasteiger partial charge in [0.05, 0.1) is 42.3 Å². The zero-order valence-corrected chi connectivity index (χ0v) is 22.3. The summed E-state index contributed by atoms with van der Waals surface area (Å²) < 4.78 is 47.4. The van der Waals surface area contributed by atoms with Crippen molar-refractivity contribution in [3.63, 3.8) is 0 Å². The average Bonchev–Trinajstić information content (AvgIpc) is 3.23. The van der Waals surface area contributed by atoms with E-state index in [1.165, 1.54) is 16.6 Å². The monoisotopic (exact) mass is 529 g/mol. The lowest BCUT2D eigenvalue weighted by molar-refractivity contribution is 0.287. The third-order valence-electron chi connectivity index (χ3n) is 6.88. The molecule has 1 saturated heterocycles. The lowest BCUT2D eigenvalue weighted by atomic mass is 10.1. The Morgan fingerprint density at radius 1 is 1.05 bits per heavy atom. The number of aromatic nitrogens is 3. The minimum atomic E-state index is -3.17. The van der Waals surface area contributed by atoms with Crippen molar-refractivity contribution < 1.29 is 17.5 Å². The first kappa shape index (κ1) is 25.3. The maximum Gasteiger partial charge on any atom is 0.211 e. The smallest absolute Gasteiger partial charge is 0.211 e. The molecule has 5 rings (SSSR count). The predicted molar refractivity (Wildman–Crippen MR) is 143 cm³/mol. The summed E-state index contributed by atoms with van der Waals surface area (Å²) in [7, 11) is -1.30. The van der Waals surface area contributed by atoms with Crippen LogP contribution in [0.1, 0.15) is 13.8 Å². The molecule has 0 radical (unpaired) electrons. The molecule has 198 valence electrons. The number of fused-ring (bicyclic) bond motifs is 1. The number of rotatable bonds is 6. The van der Waals surface area contributed by atoms with Crippen LogP contribution in [-0.2, 0) is 17.1 Å². The number of piperazine rings is 1. The second-order valence-electron chi connectivity index (χ2n) is 9.64. The van der Waals surface area contributed by atoms with E-state index in [9.17, 15) is 12.8 Å². The Kier molecular flexibility index (Phi) is 6.71. The summed E-state index contributed by atoms with van der Waals surface area (Å²) in [6, 6.07) is 7.48. The first-order chi connectivity index (χ1) is 17.6. The minimum absolute atomic E-state index is 0.221. The molecule has 10 nitrogen and oxygen atoms in total. The highest BCUT2D eigenvalue weighted by molar-refractivity contribution is 7.88. The first-order valence-corrected chi connectivity index (χ1v) is 14.1. The lowest BCUT2D eigenvalue weighted by Crippen LogP contribution is -2.48. The highest BCUT2D eigenvalue weighted by Gasteiger charge is 2.26. The van der Waals surface area contributed by atoms with Gasteiger partial charge in [0, 0.05) is 44.8 Å². The van der Waals surface area contributed by atoms with Gasteiger partial charge in [0.15, 0.2) is 11.6 Å². The number of hydrogen-bond donors (Lipinski definition) is 1. The van der Waals surface area contributed by atoms with Crippen LogP contribution < -0.4 is 19.9 Å². The highest BCUT2D eigenvalue weighted by atomic mass is 32.2. The van der Waals surface area contributed by atoms with Crippen LogP contribution in [0.3, 0.4) is 0 Å². The van der Waals surface area contributed by atoms with Crippen molar-refractivity contribution in [3.8, 4) is 17.0 Å². The van der Waals surface area contributed by atoms with Crippen LogP contribution in [0.15, 0.2) is 36.7 Å². The molecular weight excluding hydrogens is 497 g/mol. The summed E-state index contributed by atoms with van der Waals surface area (Å²) >= 11 is 0. The van der Waals surface area contributed by atoms with Crippen molar-refractivity contribution in [2.75, 3.05) is 60.7 Å². The molecule has 12 heteroatoms. The topological polar surface area (TPSA) is 95.8 Å². The van der Waals surface area contributed by atoms with E-state index in [1.807, 2.05) is 29.8 Å². The first-order valence-electron chi connectivity index (χ1n) is 12.3. The fraction of sp³-hybridized carbons (Fsp3) is 0.440. The molecule has 2 aliphatic rings. The maximum atomic E-state index is 15.0. The third-order valence-corrected chi connectivity index (χ3v) is 8.18. The van der Waals surface area contributed by atoms with Crippen LogP contribution in [0.4, 0.5) is 27.5 Å². The highest BCUT2D eigenvalue weighted by Crippen LogP contribution is 2.39. The Bertz CT molecular complexity index is 1380. The average molecular weight is 530 g/mol. The Morgan fingerprint density at radius 2 is 1.81 bits per heavy atom. The van der Waals surface area contributed by atoms with Gasteiger partial charge in [-0.1, -0.05) is 0 Å². The molecular formula is C25H32FN7O3S. The number of anilines is 4. The molecule has 0 unspecified atom stereocenters. The maximum absolute atomic E-state index is 15.0. The zero-order valence-electron chi connectivity index (χ0n) is 21.5. The van der Waals surface area contributed by atoms with E-state index in [2.05, 4.69) is 38.9 Å². The SMILES string of the molecule is CC(C)N1CCOc2c(F)cc(-c3cnc(Nc4ccc(N5CCN(S(C)(=O)=O)CC5)cn4)n3C)cc21. The molecule has 1 N–H and O–H groups in total. The van der Waals surface area contributed by atoms with Gasteiger partial charge in [-0.05, 0) is 38.1 Å². The van der Waals surface area contributed by atoms with Crippen LogP contribution >= 0.6 is 0 Å². The van der Waals surface area contributed by atoms with E-state index in [1.54, 1.807) is 12.4 Å². The van der Waals surface area contributed by atoms with Gasteiger partial charge in [0.2, 0.25) is 16.0 Å². The van der Waals surface area contributed by atoms with Crippen LogP contribution in [-0.4, -0.2) is 78.9 Å². The third kappa shape index (κ3) is 5.08. The molecule has 1 aromatic carbocycles. The molecule has 0 aliphatic carbocycles. The second kappa shape index (κ2) is 9.82. The van der Waals surface area contributed by atoms with Crippen LogP contribution in [0.2, 0.25) is 0 Å². The summed E-state index contributed by atoms with van der Waals surface area (Å²) in [6.45, 7) is 7.48. The Hall–Kier alpha value is -3.38. The quantitative estimate of drug-likeness (QED) is 0.521. The molecule has 0 atom stereocenters. The van der Waals surface area contributed by atoms with E-state index in [4.69, 9.17) is 4.74 Å². The number of ether oxygens (including phenoxy) is 1. The van der Waals surface area contributed by atoms with Crippen LogP contribution in [0, 0.1) is 5.82 Å². The minimum Gasteiger partial charge on any atom is -0.486 e. The Labute approximate surface area is 216 Å². The lowest BCUT2D eigenvalue weighted by Gasteiger charge is -2.34. The molecule has 2 aromatic heterocycles. The van der Waals surface area contributed by atoms with E-state index in [-0.39, 0.29) is 11.9 Å². The van der Waals surface area contributed by atoms with Crippen molar-refractivity contribution in [2.24, 2.45) is 7.05 Å². The molecule has 0 spiro atoms. The van der Waals surface area contributed by atoms with Crippen LogP contribution in [0.5, 0.6) is 5.75 Å². The van der Waals surface area contributed by atoms with Crippen LogP contribution in [0.25, 0.3) is 11.3 Å². The second-order valence-corrected chi connectivity index (χ2v) is 11.6. The van der Waals surface area contributed by atoms with Crippen molar-refractivity contribution in [3.05, 3.63) is 42.5 Å². The van der Waals surface area contributed by atoms with E-state index in [0.29, 0.717) is 62.4 Å². The van der Waals surface area contributed by atoms with Crippen molar-refractivity contribution >= 4 is 33.2 Å². The van der Waals surface area contributed by atoms with Crippen molar-refractivity contribution in [2.45, 2.75) is 19.9 Å². The summed E-state index contributed by atoms with van der Waals surface area (Å²) in [5.41, 5.74) is 3.16. The normalized spacial score (nSPS) is 16.6. The number of hydrogen-bond acceptors (Lipinski definition) is 8. The van der Waals surface area contributed by atoms with Crippen molar-refractivity contribution in [1.29, 1.82) is 0 Å². The van der Waals surface area contributed by atoms with Gasteiger partial charge in [0.25, 0.3) is 0 Å². The zero-order chi connectivity index (χ0) is 26.3. The number of nitrogens with one attached hydrogen (secondary N) is 1. The van der Waals surface area contributed by atoms with Gasteiger partial charge in [-0.25, -0.2) is 22.8 Å². The van der Waals surface area contributed by atoms with E-state index in [0.717, 1.165) is 17.1 Å². The fourth-order valence-electron chi connectivity index (χ4n) is 4.82.